The van der Waals surface area contributed by atoms with Gasteiger partial charge in [-0.2, -0.15) is 0 Å². The fraction of sp³-hybridized carbons (Fsp3) is 0.667. The van der Waals surface area contributed by atoms with Gasteiger partial charge in [0.15, 0.2) is 0 Å². The minimum Gasteiger partial charge on any atom is -0.144 e. The first kappa shape index (κ1) is 12.1. The van der Waals surface area contributed by atoms with Gasteiger partial charge in [0, 0.05) is 9.75 Å². The molecule has 14 heavy (non-hydrogen) atoms. The standard InChI is InChI=1S/C12H19ClS/c1-5-9-7-8-10(14-9)11(13)12(3,4)6-2/h7-8,11H,5-6H2,1-4H3. The summed E-state index contributed by atoms with van der Waals surface area (Å²) in [4.78, 5) is 2.74. The van der Waals surface area contributed by atoms with Crippen LogP contribution >= 0.6 is 22.9 Å². The van der Waals surface area contributed by atoms with Crippen LogP contribution in [0.2, 0.25) is 0 Å². The van der Waals surface area contributed by atoms with E-state index in [2.05, 4.69) is 39.8 Å². The van der Waals surface area contributed by atoms with E-state index in [0.717, 1.165) is 12.8 Å². The topological polar surface area (TPSA) is 0 Å². The molecular formula is C12H19ClS. The van der Waals surface area contributed by atoms with Crippen LogP contribution in [0.5, 0.6) is 0 Å². The van der Waals surface area contributed by atoms with E-state index in [1.54, 1.807) is 0 Å². The average Bonchev–Trinajstić information content (AvgIpc) is 2.64. The van der Waals surface area contributed by atoms with Crippen LogP contribution in [-0.2, 0) is 6.42 Å². The lowest BCUT2D eigenvalue weighted by Crippen LogP contribution is -2.15. The summed E-state index contributed by atoms with van der Waals surface area (Å²) in [5, 5.41) is 0.151. The third-order valence-electron chi connectivity index (χ3n) is 2.88. The summed E-state index contributed by atoms with van der Waals surface area (Å²) in [6.07, 6.45) is 2.22. The number of alkyl halides is 1. The van der Waals surface area contributed by atoms with E-state index >= 15 is 0 Å². The molecule has 0 amide bonds. The number of hydrogen-bond donors (Lipinski definition) is 0. The Hall–Kier alpha value is -0.0100. The molecular weight excluding hydrogens is 212 g/mol. The summed E-state index contributed by atoms with van der Waals surface area (Å²) in [6.45, 7) is 8.85. The van der Waals surface area contributed by atoms with Crippen LogP contribution in [0.4, 0.5) is 0 Å². The van der Waals surface area contributed by atoms with Crippen molar-refractivity contribution in [3.63, 3.8) is 0 Å². The van der Waals surface area contributed by atoms with Crippen LogP contribution in [0.1, 0.15) is 49.2 Å². The molecule has 0 aliphatic carbocycles. The van der Waals surface area contributed by atoms with Gasteiger partial charge in [-0.1, -0.05) is 27.7 Å². The zero-order valence-electron chi connectivity index (χ0n) is 9.43. The molecule has 80 valence electrons. The van der Waals surface area contributed by atoms with Crippen molar-refractivity contribution in [2.75, 3.05) is 0 Å². The zero-order chi connectivity index (χ0) is 10.8. The number of aryl methyl sites for hydroxylation is 1. The molecule has 1 heterocycles. The third-order valence-corrected chi connectivity index (χ3v) is 5.13. The van der Waals surface area contributed by atoms with Crippen LogP contribution in [0.15, 0.2) is 12.1 Å². The Bertz CT molecular complexity index is 288. The predicted octanol–water partition coefficient (Wildman–Crippen LogP) is 5.03. The molecule has 0 aliphatic heterocycles. The van der Waals surface area contributed by atoms with E-state index < -0.39 is 0 Å². The van der Waals surface area contributed by atoms with E-state index in [1.807, 2.05) is 11.3 Å². The highest BCUT2D eigenvalue weighted by Gasteiger charge is 2.28. The maximum Gasteiger partial charge on any atom is 0.0729 e. The number of thiophene rings is 1. The molecule has 0 saturated heterocycles. The molecule has 0 radical (unpaired) electrons. The Kier molecular flexibility index (Phi) is 4.03. The first-order chi connectivity index (χ1) is 6.51. The lowest BCUT2D eigenvalue weighted by Gasteiger charge is -2.27. The Morgan fingerprint density at radius 2 is 2.00 bits per heavy atom. The predicted molar refractivity (Wildman–Crippen MR) is 66.4 cm³/mol. The van der Waals surface area contributed by atoms with Crippen LogP contribution in [0.25, 0.3) is 0 Å². The van der Waals surface area contributed by atoms with Gasteiger partial charge in [0.25, 0.3) is 0 Å². The van der Waals surface area contributed by atoms with Gasteiger partial charge in [-0.3, -0.25) is 0 Å². The second kappa shape index (κ2) is 4.67. The summed E-state index contributed by atoms with van der Waals surface area (Å²) in [5.74, 6) is 0. The van der Waals surface area contributed by atoms with E-state index in [9.17, 15) is 0 Å². The van der Waals surface area contributed by atoms with Gasteiger partial charge in [0.05, 0.1) is 5.38 Å². The lowest BCUT2D eigenvalue weighted by molar-refractivity contribution is 0.339. The van der Waals surface area contributed by atoms with Gasteiger partial charge >= 0.3 is 0 Å². The lowest BCUT2D eigenvalue weighted by atomic mass is 9.85. The smallest absolute Gasteiger partial charge is 0.0729 e. The molecule has 1 unspecified atom stereocenters. The number of halogens is 1. The Labute approximate surface area is 96.3 Å². The minimum atomic E-state index is 0.151. The molecule has 0 saturated carbocycles. The quantitative estimate of drug-likeness (QED) is 0.637. The third kappa shape index (κ3) is 2.52. The van der Waals surface area contributed by atoms with Crippen LogP contribution in [0.3, 0.4) is 0 Å². The number of hydrogen-bond acceptors (Lipinski definition) is 1. The van der Waals surface area contributed by atoms with Gasteiger partial charge in [-0.05, 0) is 30.4 Å². The van der Waals surface area contributed by atoms with Gasteiger partial charge in [-0.15, -0.1) is 22.9 Å². The first-order valence-electron chi connectivity index (χ1n) is 5.24. The Balaban J connectivity index is 2.83. The summed E-state index contributed by atoms with van der Waals surface area (Å²) in [6, 6.07) is 4.37. The van der Waals surface area contributed by atoms with Gasteiger partial charge < -0.3 is 0 Å². The van der Waals surface area contributed by atoms with E-state index in [-0.39, 0.29) is 10.8 Å². The maximum atomic E-state index is 6.48. The van der Waals surface area contributed by atoms with Gasteiger partial charge in [0.2, 0.25) is 0 Å². The number of rotatable bonds is 4. The maximum absolute atomic E-state index is 6.48. The molecule has 0 aromatic carbocycles. The molecule has 0 nitrogen and oxygen atoms in total. The highest BCUT2D eigenvalue weighted by molar-refractivity contribution is 7.12. The molecule has 0 spiro atoms. The van der Waals surface area contributed by atoms with E-state index in [4.69, 9.17) is 11.6 Å². The first-order valence-corrected chi connectivity index (χ1v) is 6.49. The second-order valence-corrected chi connectivity index (χ2v) is 6.00. The van der Waals surface area contributed by atoms with Crippen LogP contribution in [-0.4, -0.2) is 0 Å². The summed E-state index contributed by atoms with van der Waals surface area (Å²) in [5.41, 5.74) is 0.192. The molecule has 0 N–H and O–H groups in total. The van der Waals surface area contributed by atoms with Crippen molar-refractivity contribution in [1.29, 1.82) is 0 Å². The fourth-order valence-corrected chi connectivity index (χ4v) is 2.79. The monoisotopic (exact) mass is 230 g/mol. The van der Waals surface area contributed by atoms with Crippen molar-refractivity contribution < 1.29 is 0 Å². The average molecular weight is 231 g/mol. The van der Waals surface area contributed by atoms with Gasteiger partial charge in [-0.25, -0.2) is 0 Å². The Morgan fingerprint density at radius 3 is 2.43 bits per heavy atom. The highest BCUT2D eigenvalue weighted by atomic mass is 35.5. The van der Waals surface area contributed by atoms with Gasteiger partial charge in [0.1, 0.15) is 0 Å². The Morgan fingerprint density at radius 1 is 1.36 bits per heavy atom. The minimum absolute atomic E-state index is 0.151. The van der Waals surface area contributed by atoms with E-state index in [1.165, 1.54) is 9.75 Å². The van der Waals surface area contributed by atoms with Crippen molar-refractivity contribution in [1.82, 2.24) is 0 Å². The highest BCUT2D eigenvalue weighted by Crippen LogP contribution is 2.43. The van der Waals surface area contributed by atoms with E-state index in [0.29, 0.717) is 0 Å². The fourth-order valence-electron chi connectivity index (χ4n) is 1.29. The normalized spacial score (nSPS) is 14.4. The summed E-state index contributed by atoms with van der Waals surface area (Å²) >= 11 is 8.33. The molecule has 1 rings (SSSR count). The van der Waals surface area contributed by atoms with Crippen molar-refractivity contribution >= 4 is 22.9 Å². The zero-order valence-corrected chi connectivity index (χ0v) is 11.0. The molecule has 2 heteroatoms. The van der Waals surface area contributed by atoms with Crippen LogP contribution < -0.4 is 0 Å². The molecule has 1 aromatic rings. The van der Waals surface area contributed by atoms with Crippen molar-refractivity contribution in [3.8, 4) is 0 Å². The molecule has 1 atom stereocenters. The molecule has 0 fully saturated rings. The van der Waals surface area contributed by atoms with Crippen molar-refractivity contribution in [2.24, 2.45) is 5.41 Å². The SMILES string of the molecule is CCc1ccc(C(Cl)C(C)(C)CC)s1. The largest absolute Gasteiger partial charge is 0.144 e. The summed E-state index contributed by atoms with van der Waals surface area (Å²) in [7, 11) is 0. The summed E-state index contributed by atoms with van der Waals surface area (Å²) < 4.78 is 0. The second-order valence-electron chi connectivity index (χ2n) is 4.36. The van der Waals surface area contributed by atoms with Crippen LogP contribution in [0, 0.1) is 5.41 Å². The molecule has 0 bridgehead atoms. The molecule has 1 aromatic heterocycles. The van der Waals surface area contributed by atoms with Crippen molar-refractivity contribution in [2.45, 2.75) is 45.9 Å². The van der Waals surface area contributed by atoms with Crippen molar-refractivity contribution in [3.05, 3.63) is 21.9 Å². The molecule has 0 aliphatic rings.